The van der Waals surface area contributed by atoms with Gasteiger partial charge >= 0.3 is 0 Å². The Kier molecular flexibility index (Phi) is 3.70. The number of nitrogens with zero attached hydrogens (tertiary/aromatic N) is 1. The quantitative estimate of drug-likeness (QED) is 0.874. The molecule has 0 radical (unpaired) electrons. The summed E-state index contributed by atoms with van der Waals surface area (Å²) in [6, 6.07) is 8.03. The Bertz CT molecular complexity index is 565. The van der Waals surface area contributed by atoms with E-state index in [-0.39, 0.29) is 4.90 Å². The number of rotatable bonds is 3. The summed E-state index contributed by atoms with van der Waals surface area (Å²) in [5.41, 5.74) is 1.09. The normalized spacial score (nSPS) is 27.1. The maximum absolute atomic E-state index is 11.3. The van der Waals surface area contributed by atoms with Crippen LogP contribution in [-0.4, -0.2) is 33.6 Å². The van der Waals surface area contributed by atoms with Gasteiger partial charge < -0.3 is 10.2 Å². The molecular formula is C14H21N3O2S. The molecule has 1 aromatic carbocycles. The van der Waals surface area contributed by atoms with Crippen molar-refractivity contribution in [1.29, 1.82) is 0 Å². The lowest BCUT2D eigenvalue weighted by molar-refractivity contribution is 0.483. The minimum absolute atomic E-state index is 0.177. The molecule has 6 heteroatoms. The monoisotopic (exact) mass is 295 g/mol. The third kappa shape index (κ3) is 2.68. The van der Waals surface area contributed by atoms with E-state index in [4.69, 9.17) is 5.14 Å². The van der Waals surface area contributed by atoms with E-state index in [0.717, 1.165) is 18.8 Å². The summed E-state index contributed by atoms with van der Waals surface area (Å²) < 4.78 is 22.6. The van der Waals surface area contributed by atoms with Crippen molar-refractivity contribution in [2.45, 2.75) is 42.7 Å². The Morgan fingerprint density at radius 3 is 2.50 bits per heavy atom. The molecule has 3 rings (SSSR count). The predicted molar refractivity (Wildman–Crippen MR) is 79.2 cm³/mol. The van der Waals surface area contributed by atoms with Gasteiger partial charge in [-0.2, -0.15) is 0 Å². The van der Waals surface area contributed by atoms with Crippen LogP contribution in [0.4, 0.5) is 5.69 Å². The van der Waals surface area contributed by atoms with Crippen LogP contribution in [0.5, 0.6) is 0 Å². The predicted octanol–water partition coefficient (Wildman–Crippen LogP) is 1.05. The fourth-order valence-electron chi connectivity index (χ4n) is 3.40. The Hall–Kier alpha value is -1.11. The summed E-state index contributed by atoms with van der Waals surface area (Å²) >= 11 is 0. The second-order valence-electron chi connectivity index (χ2n) is 5.64. The van der Waals surface area contributed by atoms with Crippen LogP contribution in [0.25, 0.3) is 0 Å². The maximum Gasteiger partial charge on any atom is 0.238 e. The Balaban J connectivity index is 1.81. The zero-order chi connectivity index (χ0) is 14.2. The van der Waals surface area contributed by atoms with E-state index in [1.807, 2.05) is 12.1 Å². The number of hydrogen-bond donors (Lipinski definition) is 2. The third-order valence-electron chi connectivity index (χ3n) is 4.36. The van der Waals surface area contributed by atoms with E-state index in [1.165, 1.54) is 25.7 Å². The van der Waals surface area contributed by atoms with E-state index < -0.39 is 10.0 Å². The standard InChI is InChI=1S/C14H21N3O2S/c15-20(18,19)12-7-5-11(6-8-12)17-10-2-4-14(17)13-3-1-9-16-13/h5-8,13-14,16H,1-4,9-10H2,(H2,15,18,19). The van der Waals surface area contributed by atoms with Gasteiger partial charge in [0, 0.05) is 24.3 Å². The fraction of sp³-hybridized carbons (Fsp3) is 0.571. The van der Waals surface area contributed by atoms with Crippen molar-refractivity contribution in [1.82, 2.24) is 5.32 Å². The molecule has 0 saturated carbocycles. The molecule has 2 unspecified atom stereocenters. The smallest absolute Gasteiger partial charge is 0.238 e. The first-order valence-electron chi connectivity index (χ1n) is 7.18. The van der Waals surface area contributed by atoms with Crippen molar-refractivity contribution in [2.75, 3.05) is 18.0 Å². The van der Waals surface area contributed by atoms with Gasteiger partial charge in [-0.15, -0.1) is 0 Å². The molecule has 2 heterocycles. The van der Waals surface area contributed by atoms with Crippen molar-refractivity contribution in [3.05, 3.63) is 24.3 Å². The number of hydrogen-bond acceptors (Lipinski definition) is 4. The lowest BCUT2D eigenvalue weighted by atomic mass is 10.0. The van der Waals surface area contributed by atoms with Gasteiger partial charge in [0.2, 0.25) is 10.0 Å². The van der Waals surface area contributed by atoms with Crippen molar-refractivity contribution in [2.24, 2.45) is 5.14 Å². The van der Waals surface area contributed by atoms with Crippen molar-refractivity contribution < 1.29 is 8.42 Å². The molecule has 2 aliphatic heterocycles. The molecule has 2 aliphatic rings. The first-order valence-corrected chi connectivity index (χ1v) is 8.73. The second kappa shape index (κ2) is 5.35. The van der Waals surface area contributed by atoms with E-state index in [9.17, 15) is 8.42 Å². The Morgan fingerprint density at radius 1 is 1.15 bits per heavy atom. The highest BCUT2D eigenvalue weighted by atomic mass is 32.2. The van der Waals surface area contributed by atoms with Crippen LogP contribution < -0.4 is 15.4 Å². The molecule has 0 aromatic heterocycles. The number of sulfonamides is 1. The van der Waals surface area contributed by atoms with Crippen molar-refractivity contribution in [3.63, 3.8) is 0 Å². The van der Waals surface area contributed by atoms with Crippen LogP contribution in [0, 0.1) is 0 Å². The van der Waals surface area contributed by atoms with Crippen molar-refractivity contribution in [3.8, 4) is 0 Å². The van der Waals surface area contributed by atoms with Crippen LogP contribution in [-0.2, 0) is 10.0 Å². The second-order valence-corrected chi connectivity index (χ2v) is 7.21. The fourth-order valence-corrected chi connectivity index (χ4v) is 3.91. The molecule has 0 amide bonds. The van der Waals surface area contributed by atoms with Crippen LogP contribution >= 0.6 is 0 Å². The number of anilines is 1. The van der Waals surface area contributed by atoms with E-state index in [2.05, 4.69) is 10.2 Å². The first-order chi connectivity index (χ1) is 9.55. The highest BCUT2D eigenvalue weighted by molar-refractivity contribution is 7.89. The molecule has 0 bridgehead atoms. The lowest BCUT2D eigenvalue weighted by Crippen LogP contribution is -2.44. The molecule has 0 aliphatic carbocycles. The van der Waals surface area contributed by atoms with E-state index >= 15 is 0 Å². The number of nitrogens with two attached hydrogens (primary N) is 1. The topological polar surface area (TPSA) is 75.4 Å². The van der Waals surface area contributed by atoms with Gasteiger partial charge in [-0.25, -0.2) is 13.6 Å². The zero-order valence-corrected chi connectivity index (χ0v) is 12.3. The highest BCUT2D eigenvalue weighted by Crippen LogP contribution is 2.30. The third-order valence-corrected chi connectivity index (χ3v) is 5.29. The molecule has 1 aromatic rings. The molecule has 2 atom stereocenters. The molecule has 5 nitrogen and oxygen atoms in total. The summed E-state index contributed by atoms with van der Waals surface area (Å²) in [6.45, 7) is 2.15. The molecule has 3 N–H and O–H groups in total. The molecular weight excluding hydrogens is 274 g/mol. The minimum atomic E-state index is -3.60. The van der Waals surface area contributed by atoms with Gasteiger partial charge in [0.15, 0.2) is 0 Å². The summed E-state index contributed by atoms with van der Waals surface area (Å²) in [5, 5.41) is 8.71. The largest absolute Gasteiger partial charge is 0.367 e. The Labute approximate surface area is 120 Å². The van der Waals surface area contributed by atoms with Gasteiger partial charge in [-0.05, 0) is 56.5 Å². The average Bonchev–Trinajstić information content (AvgIpc) is 3.08. The van der Waals surface area contributed by atoms with Gasteiger partial charge in [-0.1, -0.05) is 0 Å². The minimum Gasteiger partial charge on any atom is -0.367 e. The summed E-state index contributed by atoms with van der Waals surface area (Å²) in [5.74, 6) is 0. The summed E-state index contributed by atoms with van der Waals surface area (Å²) in [4.78, 5) is 2.58. The van der Waals surface area contributed by atoms with Crippen LogP contribution in [0.2, 0.25) is 0 Å². The average molecular weight is 295 g/mol. The van der Waals surface area contributed by atoms with Gasteiger partial charge in [0.25, 0.3) is 0 Å². The lowest BCUT2D eigenvalue weighted by Gasteiger charge is -2.31. The van der Waals surface area contributed by atoms with Crippen LogP contribution in [0.1, 0.15) is 25.7 Å². The highest BCUT2D eigenvalue weighted by Gasteiger charge is 2.33. The number of benzene rings is 1. The zero-order valence-electron chi connectivity index (χ0n) is 11.5. The summed E-state index contributed by atoms with van der Waals surface area (Å²) in [7, 11) is -3.60. The molecule has 2 fully saturated rings. The SMILES string of the molecule is NS(=O)(=O)c1ccc(N2CCCC2C2CCCN2)cc1. The van der Waals surface area contributed by atoms with E-state index in [0.29, 0.717) is 12.1 Å². The first kappa shape index (κ1) is 13.9. The van der Waals surface area contributed by atoms with E-state index in [1.54, 1.807) is 12.1 Å². The number of primary sulfonamides is 1. The molecule has 20 heavy (non-hydrogen) atoms. The maximum atomic E-state index is 11.3. The van der Waals surface area contributed by atoms with Crippen LogP contribution in [0.3, 0.4) is 0 Å². The molecule has 2 saturated heterocycles. The van der Waals surface area contributed by atoms with Gasteiger partial charge in [-0.3, -0.25) is 0 Å². The summed E-state index contributed by atoms with van der Waals surface area (Å²) in [6.07, 6.45) is 4.88. The molecule has 110 valence electrons. The Morgan fingerprint density at radius 2 is 1.90 bits per heavy atom. The molecule has 0 spiro atoms. The number of nitrogens with one attached hydrogen (secondary N) is 1. The van der Waals surface area contributed by atoms with Crippen LogP contribution in [0.15, 0.2) is 29.2 Å². The van der Waals surface area contributed by atoms with Gasteiger partial charge in [0.1, 0.15) is 0 Å². The van der Waals surface area contributed by atoms with Gasteiger partial charge in [0.05, 0.1) is 4.90 Å². The van der Waals surface area contributed by atoms with Crippen molar-refractivity contribution >= 4 is 15.7 Å².